The number of anilines is 1. The molecule has 0 radical (unpaired) electrons. The van der Waals surface area contributed by atoms with Gasteiger partial charge < -0.3 is 10.4 Å². The Bertz CT molecular complexity index is 435. The van der Waals surface area contributed by atoms with Crippen LogP contribution in [-0.2, 0) is 0 Å². The van der Waals surface area contributed by atoms with E-state index < -0.39 is 10.7 Å². The molecule has 1 aromatic carbocycles. The van der Waals surface area contributed by atoms with Gasteiger partial charge in [-0.1, -0.05) is 13.8 Å². The quantitative estimate of drug-likeness (QED) is 0.606. The van der Waals surface area contributed by atoms with E-state index in [2.05, 4.69) is 5.32 Å². The van der Waals surface area contributed by atoms with Gasteiger partial charge in [0.25, 0.3) is 5.69 Å². The fourth-order valence-electron chi connectivity index (χ4n) is 1.51. The summed E-state index contributed by atoms with van der Waals surface area (Å²) >= 11 is 0. The number of nitro benzene ring substituents is 1. The van der Waals surface area contributed by atoms with Crippen molar-refractivity contribution in [2.75, 3.05) is 18.5 Å². The smallest absolute Gasteiger partial charge is 0.274 e. The number of benzene rings is 1. The van der Waals surface area contributed by atoms with Gasteiger partial charge in [-0.3, -0.25) is 10.1 Å². The molecule has 0 aliphatic carbocycles. The first kappa shape index (κ1) is 14.4. The van der Waals surface area contributed by atoms with Gasteiger partial charge >= 0.3 is 0 Å². The minimum atomic E-state index is -0.647. The van der Waals surface area contributed by atoms with Crippen molar-refractivity contribution in [2.45, 2.75) is 20.3 Å². The summed E-state index contributed by atoms with van der Waals surface area (Å²) in [4.78, 5) is 9.96. The minimum Gasteiger partial charge on any atom is -0.396 e. The molecule has 0 amide bonds. The number of aliphatic hydroxyl groups is 1. The van der Waals surface area contributed by atoms with E-state index in [1.165, 1.54) is 12.1 Å². The molecule has 0 aliphatic heterocycles. The minimum absolute atomic E-state index is 0.0674. The van der Waals surface area contributed by atoms with Gasteiger partial charge in [-0.25, -0.2) is 4.39 Å². The number of nitrogens with one attached hydrogen (secondary N) is 1. The first-order valence-corrected chi connectivity index (χ1v) is 5.64. The summed E-state index contributed by atoms with van der Waals surface area (Å²) in [7, 11) is 0. The Morgan fingerprint density at radius 1 is 1.44 bits per heavy atom. The average Bonchev–Trinajstić information content (AvgIpc) is 2.26. The molecule has 0 spiro atoms. The fourth-order valence-corrected chi connectivity index (χ4v) is 1.51. The van der Waals surface area contributed by atoms with Crippen LogP contribution in [0.2, 0.25) is 0 Å². The third kappa shape index (κ3) is 4.29. The largest absolute Gasteiger partial charge is 0.396 e. The van der Waals surface area contributed by atoms with E-state index in [1.807, 2.05) is 13.8 Å². The van der Waals surface area contributed by atoms with Gasteiger partial charge in [0, 0.05) is 24.9 Å². The molecule has 18 heavy (non-hydrogen) atoms. The molecule has 2 N–H and O–H groups in total. The van der Waals surface area contributed by atoms with Crippen LogP contribution in [0.5, 0.6) is 0 Å². The number of halogens is 1. The zero-order valence-corrected chi connectivity index (χ0v) is 10.4. The third-order valence-corrected chi connectivity index (χ3v) is 2.65. The standard InChI is InChI=1S/C12H17FN2O3/c1-12(2,3-4-16)8-14-10-5-9(13)6-11(7-10)15(17)18/h5-7,14,16H,3-4,8H2,1-2H3. The van der Waals surface area contributed by atoms with E-state index in [1.54, 1.807) is 0 Å². The number of rotatable bonds is 6. The van der Waals surface area contributed by atoms with Crippen LogP contribution in [-0.4, -0.2) is 23.2 Å². The average molecular weight is 256 g/mol. The second kappa shape index (κ2) is 5.77. The Hall–Kier alpha value is -1.69. The van der Waals surface area contributed by atoms with Crippen molar-refractivity contribution < 1.29 is 14.4 Å². The summed E-state index contributed by atoms with van der Waals surface area (Å²) in [5.74, 6) is -0.647. The Morgan fingerprint density at radius 2 is 2.11 bits per heavy atom. The van der Waals surface area contributed by atoms with E-state index in [-0.39, 0.29) is 17.7 Å². The van der Waals surface area contributed by atoms with Crippen molar-refractivity contribution in [3.8, 4) is 0 Å². The van der Waals surface area contributed by atoms with Crippen LogP contribution >= 0.6 is 0 Å². The predicted molar refractivity (Wildman–Crippen MR) is 67.0 cm³/mol. The predicted octanol–water partition coefficient (Wildman–Crippen LogP) is 2.55. The Morgan fingerprint density at radius 3 is 2.67 bits per heavy atom. The van der Waals surface area contributed by atoms with Crippen LogP contribution in [0.4, 0.5) is 15.8 Å². The van der Waals surface area contributed by atoms with E-state index in [4.69, 9.17) is 5.11 Å². The maximum absolute atomic E-state index is 13.2. The number of hydrogen-bond donors (Lipinski definition) is 2. The third-order valence-electron chi connectivity index (χ3n) is 2.65. The Labute approximate surface area is 105 Å². The molecule has 0 aliphatic rings. The van der Waals surface area contributed by atoms with Gasteiger partial charge in [0.1, 0.15) is 5.82 Å². The molecule has 100 valence electrons. The maximum Gasteiger partial charge on any atom is 0.274 e. The molecular formula is C12H17FN2O3. The van der Waals surface area contributed by atoms with E-state index >= 15 is 0 Å². The second-order valence-electron chi connectivity index (χ2n) is 4.95. The Balaban J connectivity index is 2.76. The molecule has 0 saturated heterocycles. The highest BCUT2D eigenvalue weighted by atomic mass is 19.1. The van der Waals surface area contributed by atoms with Crippen LogP contribution in [0, 0.1) is 21.3 Å². The Kier molecular flexibility index (Phi) is 4.61. The number of nitro groups is 1. The van der Waals surface area contributed by atoms with Gasteiger partial charge in [-0.2, -0.15) is 0 Å². The van der Waals surface area contributed by atoms with E-state index in [9.17, 15) is 14.5 Å². The molecule has 6 heteroatoms. The first-order valence-electron chi connectivity index (χ1n) is 5.64. The molecular weight excluding hydrogens is 239 g/mol. The van der Waals surface area contributed by atoms with Gasteiger partial charge in [0.05, 0.1) is 11.0 Å². The van der Waals surface area contributed by atoms with Crippen LogP contribution in [0.3, 0.4) is 0 Å². The van der Waals surface area contributed by atoms with Crippen LogP contribution < -0.4 is 5.32 Å². The highest BCUT2D eigenvalue weighted by Gasteiger charge is 2.17. The van der Waals surface area contributed by atoms with E-state index in [0.717, 1.165) is 6.07 Å². The number of nitrogens with zero attached hydrogens (tertiary/aromatic N) is 1. The van der Waals surface area contributed by atoms with Crippen molar-refractivity contribution in [1.29, 1.82) is 0 Å². The summed E-state index contributed by atoms with van der Waals surface area (Å²) in [6.45, 7) is 4.46. The SMILES string of the molecule is CC(C)(CCO)CNc1cc(F)cc([N+](=O)[O-])c1. The lowest BCUT2D eigenvalue weighted by Crippen LogP contribution is -2.24. The zero-order valence-electron chi connectivity index (χ0n) is 10.4. The molecule has 1 aromatic rings. The lowest BCUT2D eigenvalue weighted by Gasteiger charge is -2.24. The molecule has 0 unspecified atom stereocenters. The lowest BCUT2D eigenvalue weighted by atomic mass is 9.89. The normalized spacial score (nSPS) is 11.3. The molecule has 0 bridgehead atoms. The van der Waals surface area contributed by atoms with Gasteiger partial charge in [0.2, 0.25) is 0 Å². The summed E-state index contributed by atoms with van der Waals surface area (Å²) in [5, 5.41) is 22.4. The number of hydrogen-bond acceptors (Lipinski definition) is 4. The van der Waals surface area contributed by atoms with E-state index in [0.29, 0.717) is 18.7 Å². The van der Waals surface area contributed by atoms with Crippen LogP contribution in [0.1, 0.15) is 20.3 Å². The molecule has 0 aromatic heterocycles. The van der Waals surface area contributed by atoms with Crippen molar-refractivity contribution in [3.05, 3.63) is 34.1 Å². The highest BCUT2D eigenvalue weighted by Crippen LogP contribution is 2.24. The van der Waals surface area contributed by atoms with Crippen LogP contribution in [0.15, 0.2) is 18.2 Å². The van der Waals surface area contributed by atoms with Crippen molar-refractivity contribution in [3.63, 3.8) is 0 Å². The lowest BCUT2D eigenvalue weighted by molar-refractivity contribution is -0.385. The molecule has 0 heterocycles. The molecule has 0 atom stereocenters. The summed E-state index contributed by atoms with van der Waals surface area (Å²) in [6.07, 6.45) is 0.595. The van der Waals surface area contributed by atoms with Crippen LogP contribution in [0.25, 0.3) is 0 Å². The van der Waals surface area contributed by atoms with Crippen molar-refractivity contribution in [2.24, 2.45) is 5.41 Å². The summed E-state index contributed by atoms with van der Waals surface area (Å²) in [5.41, 5.74) is -0.0827. The van der Waals surface area contributed by atoms with Gasteiger partial charge in [-0.15, -0.1) is 0 Å². The topological polar surface area (TPSA) is 75.4 Å². The number of aliphatic hydroxyl groups excluding tert-OH is 1. The number of non-ortho nitro benzene ring substituents is 1. The van der Waals surface area contributed by atoms with Gasteiger partial charge in [0.15, 0.2) is 0 Å². The summed E-state index contributed by atoms with van der Waals surface area (Å²) in [6, 6.07) is 3.38. The zero-order chi connectivity index (χ0) is 13.8. The maximum atomic E-state index is 13.2. The molecule has 0 saturated carbocycles. The highest BCUT2D eigenvalue weighted by molar-refractivity contribution is 5.51. The van der Waals surface area contributed by atoms with Crippen molar-refractivity contribution >= 4 is 11.4 Å². The fraction of sp³-hybridized carbons (Fsp3) is 0.500. The second-order valence-corrected chi connectivity index (χ2v) is 4.95. The molecule has 0 fully saturated rings. The molecule has 5 nitrogen and oxygen atoms in total. The molecule has 1 rings (SSSR count). The van der Waals surface area contributed by atoms with Crippen molar-refractivity contribution in [1.82, 2.24) is 0 Å². The summed E-state index contributed by atoms with van der Waals surface area (Å²) < 4.78 is 13.2. The first-order chi connectivity index (χ1) is 8.34. The van der Waals surface area contributed by atoms with Gasteiger partial charge in [-0.05, 0) is 17.9 Å². The monoisotopic (exact) mass is 256 g/mol.